The molecular formula is C14H24N2O3S. The highest BCUT2D eigenvalue weighted by atomic mass is 32.2. The monoisotopic (exact) mass is 300 g/mol. The third-order valence-corrected chi connectivity index (χ3v) is 5.78. The van der Waals surface area contributed by atoms with E-state index in [1.807, 2.05) is 0 Å². The number of nitrogens with two attached hydrogens (primary N) is 1. The van der Waals surface area contributed by atoms with Gasteiger partial charge in [-0.25, -0.2) is 13.1 Å². The summed E-state index contributed by atoms with van der Waals surface area (Å²) >= 11 is 0. The highest BCUT2D eigenvalue weighted by Gasteiger charge is 2.39. The normalized spacial score (nSPS) is 13.6. The van der Waals surface area contributed by atoms with Crippen LogP contribution in [0.2, 0.25) is 0 Å². The fourth-order valence-electron chi connectivity index (χ4n) is 1.77. The summed E-state index contributed by atoms with van der Waals surface area (Å²) in [6.07, 6.45) is 0. The van der Waals surface area contributed by atoms with Crippen molar-refractivity contribution in [1.29, 1.82) is 0 Å². The first-order chi connectivity index (χ1) is 8.79. The fourth-order valence-corrected chi connectivity index (χ4v) is 3.80. The minimum Gasteiger partial charge on any atom is -0.398 e. The molecule has 0 saturated carbocycles. The van der Waals surface area contributed by atoms with Crippen LogP contribution in [0.3, 0.4) is 0 Å². The van der Waals surface area contributed by atoms with E-state index >= 15 is 0 Å². The van der Waals surface area contributed by atoms with Gasteiger partial charge in [-0.1, -0.05) is 6.07 Å². The first-order valence-electron chi connectivity index (χ1n) is 6.41. The zero-order valence-electron chi connectivity index (χ0n) is 12.9. The van der Waals surface area contributed by atoms with Gasteiger partial charge in [0.05, 0.1) is 16.0 Å². The highest BCUT2D eigenvalue weighted by Crippen LogP contribution is 2.28. The topological polar surface area (TPSA) is 92.4 Å². The van der Waals surface area contributed by atoms with Crippen LogP contribution in [0.4, 0.5) is 5.69 Å². The summed E-state index contributed by atoms with van der Waals surface area (Å²) < 4.78 is 27.8. The Labute approximate surface area is 121 Å². The van der Waals surface area contributed by atoms with E-state index < -0.39 is 21.2 Å². The SMILES string of the molecule is Cc1ccc(N)c(C)c1S(=O)(=O)NC(C)(C)C(C)(C)O. The molecule has 1 rings (SSSR count). The van der Waals surface area contributed by atoms with Gasteiger partial charge in [0.25, 0.3) is 0 Å². The van der Waals surface area contributed by atoms with Crippen molar-refractivity contribution >= 4 is 15.7 Å². The Bertz CT molecular complexity index is 614. The van der Waals surface area contributed by atoms with E-state index in [-0.39, 0.29) is 4.90 Å². The molecule has 1 aromatic rings. The lowest BCUT2D eigenvalue weighted by Gasteiger charge is -2.37. The quantitative estimate of drug-likeness (QED) is 0.738. The Morgan fingerprint density at radius 1 is 1.15 bits per heavy atom. The lowest BCUT2D eigenvalue weighted by Crippen LogP contribution is -2.57. The van der Waals surface area contributed by atoms with E-state index in [1.165, 1.54) is 0 Å². The number of benzene rings is 1. The minimum atomic E-state index is -3.77. The largest absolute Gasteiger partial charge is 0.398 e. The third-order valence-electron chi connectivity index (χ3n) is 3.83. The Kier molecular flexibility index (Phi) is 4.25. The molecule has 0 amide bonds. The van der Waals surface area contributed by atoms with Crippen molar-refractivity contribution in [2.24, 2.45) is 0 Å². The Hall–Kier alpha value is -1.11. The molecule has 0 unspecified atom stereocenters. The van der Waals surface area contributed by atoms with Gasteiger partial charge in [-0.15, -0.1) is 0 Å². The van der Waals surface area contributed by atoms with Gasteiger partial charge in [0.15, 0.2) is 0 Å². The molecule has 114 valence electrons. The van der Waals surface area contributed by atoms with Crippen molar-refractivity contribution in [3.8, 4) is 0 Å². The van der Waals surface area contributed by atoms with Gasteiger partial charge < -0.3 is 10.8 Å². The van der Waals surface area contributed by atoms with Crippen molar-refractivity contribution < 1.29 is 13.5 Å². The van der Waals surface area contributed by atoms with Crippen molar-refractivity contribution in [3.05, 3.63) is 23.3 Å². The summed E-state index contributed by atoms with van der Waals surface area (Å²) in [7, 11) is -3.77. The van der Waals surface area contributed by atoms with Crippen molar-refractivity contribution in [3.63, 3.8) is 0 Å². The number of aliphatic hydroxyl groups is 1. The molecule has 0 aromatic heterocycles. The molecule has 0 saturated heterocycles. The molecule has 0 aliphatic carbocycles. The minimum absolute atomic E-state index is 0.176. The molecule has 0 atom stereocenters. The molecular weight excluding hydrogens is 276 g/mol. The Morgan fingerprint density at radius 2 is 1.65 bits per heavy atom. The molecule has 0 radical (unpaired) electrons. The number of anilines is 1. The smallest absolute Gasteiger partial charge is 0.241 e. The van der Waals surface area contributed by atoms with Crippen LogP contribution in [0.1, 0.15) is 38.8 Å². The first-order valence-corrected chi connectivity index (χ1v) is 7.90. The molecule has 0 fully saturated rings. The van der Waals surface area contributed by atoms with Crippen molar-refractivity contribution in [2.75, 3.05) is 5.73 Å². The van der Waals surface area contributed by atoms with Gasteiger partial charge in [0, 0.05) is 5.69 Å². The van der Waals surface area contributed by atoms with Gasteiger partial charge in [-0.2, -0.15) is 0 Å². The maximum Gasteiger partial charge on any atom is 0.241 e. The van der Waals surface area contributed by atoms with E-state index in [4.69, 9.17) is 5.73 Å². The second-order valence-electron chi connectivity index (χ2n) is 6.22. The lowest BCUT2D eigenvalue weighted by molar-refractivity contribution is 0.00638. The highest BCUT2D eigenvalue weighted by molar-refractivity contribution is 7.89. The predicted octanol–water partition coefficient (Wildman–Crippen LogP) is 1.71. The van der Waals surface area contributed by atoms with Crippen LogP contribution in [-0.2, 0) is 10.0 Å². The molecule has 1 aromatic carbocycles. The van der Waals surface area contributed by atoms with Crippen LogP contribution in [-0.4, -0.2) is 24.7 Å². The van der Waals surface area contributed by atoms with E-state index in [2.05, 4.69) is 4.72 Å². The number of hydrogen-bond acceptors (Lipinski definition) is 4. The number of nitrogen functional groups attached to an aromatic ring is 1. The molecule has 0 bridgehead atoms. The summed E-state index contributed by atoms with van der Waals surface area (Å²) in [5, 5.41) is 10.1. The van der Waals surface area contributed by atoms with Crippen LogP contribution in [0, 0.1) is 13.8 Å². The molecule has 0 aliphatic heterocycles. The van der Waals surface area contributed by atoms with Gasteiger partial charge >= 0.3 is 0 Å². The van der Waals surface area contributed by atoms with Crippen LogP contribution in [0.5, 0.6) is 0 Å². The summed E-state index contributed by atoms with van der Waals surface area (Å²) in [5.41, 5.74) is 5.14. The number of rotatable bonds is 4. The number of hydrogen-bond donors (Lipinski definition) is 3. The standard InChI is InChI=1S/C14H24N2O3S/c1-9-7-8-11(15)10(2)12(9)20(18,19)16-13(3,4)14(5,6)17/h7-8,16-17H,15H2,1-6H3. The molecule has 0 heterocycles. The Balaban J connectivity index is 3.37. The van der Waals surface area contributed by atoms with Gasteiger partial charge in [0.1, 0.15) is 0 Å². The van der Waals surface area contributed by atoms with E-state index in [9.17, 15) is 13.5 Å². The van der Waals surface area contributed by atoms with Crippen LogP contribution in [0.25, 0.3) is 0 Å². The predicted molar refractivity (Wildman–Crippen MR) is 81.0 cm³/mol. The second-order valence-corrected chi connectivity index (χ2v) is 7.83. The third kappa shape index (κ3) is 3.13. The number of sulfonamides is 1. The van der Waals surface area contributed by atoms with Gasteiger partial charge in [-0.3, -0.25) is 0 Å². The number of aryl methyl sites for hydroxylation is 1. The average molecular weight is 300 g/mol. The number of nitrogens with one attached hydrogen (secondary N) is 1. The zero-order valence-corrected chi connectivity index (χ0v) is 13.7. The van der Waals surface area contributed by atoms with Gasteiger partial charge in [-0.05, 0) is 58.7 Å². The summed E-state index contributed by atoms with van der Waals surface area (Å²) in [6.45, 7) is 9.80. The average Bonchev–Trinajstić information content (AvgIpc) is 2.20. The van der Waals surface area contributed by atoms with Gasteiger partial charge in [0.2, 0.25) is 10.0 Å². The fraction of sp³-hybridized carbons (Fsp3) is 0.571. The molecule has 20 heavy (non-hydrogen) atoms. The van der Waals surface area contributed by atoms with Crippen LogP contribution < -0.4 is 10.5 Å². The summed E-state index contributed by atoms with van der Waals surface area (Å²) in [6, 6.07) is 3.36. The van der Waals surface area contributed by atoms with Crippen molar-refractivity contribution in [1.82, 2.24) is 4.72 Å². The van der Waals surface area contributed by atoms with Crippen LogP contribution >= 0.6 is 0 Å². The summed E-state index contributed by atoms with van der Waals surface area (Å²) in [5.74, 6) is 0. The lowest BCUT2D eigenvalue weighted by atomic mass is 9.87. The molecule has 5 nitrogen and oxygen atoms in total. The summed E-state index contributed by atoms with van der Waals surface area (Å²) in [4.78, 5) is 0.176. The van der Waals surface area contributed by atoms with E-state index in [0.29, 0.717) is 16.8 Å². The van der Waals surface area contributed by atoms with E-state index in [0.717, 1.165) is 0 Å². The maximum atomic E-state index is 12.6. The van der Waals surface area contributed by atoms with E-state index in [1.54, 1.807) is 53.7 Å². The zero-order chi connectivity index (χ0) is 15.9. The van der Waals surface area contributed by atoms with Crippen molar-refractivity contribution in [2.45, 2.75) is 57.6 Å². The molecule has 6 heteroatoms. The van der Waals surface area contributed by atoms with Crippen LogP contribution in [0.15, 0.2) is 17.0 Å². The maximum absolute atomic E-state index is 12.6. The second kappa shape index (κ2) is 5.02. The molecule has 4 N–H and O–H groups in total. The molecule has 0 spiro atoms. The molecule has 0 aliphatic rings. The Morgan fingerprint density at radius 3 is 2.10 bits per heavy atom. The first kappa shape index (κ1) is 16.9.